The van der Waals surface area contributed by atoms with Crippen LogP contribution < -0.4 is 20.1 Å². The van der Waals surface area contributed by atoms with Gasteiger partial charge in [0.2, 0.25) is 12.7 Å². The Hall–Kier alpha value is -3.49. The Kier molecular flexibility index (Phi) is 4.65. The number of hydrogen-bond acceptors (Lipinski definition) is 6. The van der Waals surface area contributed by atoms with Crippen molar-refractivity contribution in [3.8, 4) is 11.5 Å². The third kappa shape index (κ3) is 3.63. The van der Waals surface area contributed by atoms with Gasteiger partial charge in [0.05, 0.1) is 12.3 Å². The molecule has 2 aliphatic heterocycles. The van der Waals surface area contributed by atoms with E-state index in [0.29, 0.717) is 17.3 Å². The van der Waals surface area contributed by atoms with Crippen LogP contribution in [-0.4, -0.2) is 41.6 Å². The van der Waals surface area contributed by atoms with Crippen LogP contribution in [0.1, 0.15) is 31.2 Å². The highest BCUT2D eigenvalue weighted by Gasteiger charge is 2.48. The second kappa shape index (κ2) is 7.16. The summed E-state index contributed by atoms with van der Waals surface area (Å²) in [4.78, 5) is 38.6. The van der Waals surface area contributed by atoms with Gasteiger partial charge >= 0.3 is 6.03 Å². The number of nitrogens with zero attached hydrogens (tertiary/aromatic N) is 1. The van der Waals surface area contributed by atoms with Crippen molar-refractivity contribution in [3.05, 3.63) is 47.9 Å². The molecule has 2 N–H and O–H groups in total. The van der Waals surface area contributed by atoms with E-state index in [4.69, 9.17) is 13.9 Å². The number of fused-ring (bicyclic) bond motifs is 1. The van der Waals surface area contributed by atoms with Crippen LogP contribution in [0.3, 0.4) is 0 Å². The highest BCUT2D eigenvalue weighted by atomic mass is 16.7. The average Bonchev–Trinajstić information content (AvgIpc) is 3.39. The van der Waals surface area contributed by atoms with Crippen molar-refractivity contribution in [2.75, 3.05) is 13.3 Å². The average molecular weight is 399 g/mol. The maximum atomic E-state index is 12.9. The summed E-state index contributed by atoms with van der Waals surface area (Å²) in [5, 5.41) is 5.42. The molecule has 4 rings (SSSR count). The minimum Gasteiger partial charge on any atom is -0.467 e. The zero-order chi connectivity index (χ0) is 20.6. The lowest BCUT2D eigenvalue weighted by molar-refractivity contribution is -0.134. The van der Waals surface area contributed by atoms with Crippen molar-refractivity contribution in [2.45, 2.75) is 31.8 Å². The molecule has 0 spiro atoms. The predicted octanol–water partition coefficient (Wildman–Crippen LogP) is 1.74. The quantitative estimate of drug-likeness (QED) is 0.716. The lowest BCUT2D eigenvalue weighted by Gasteiger charge is -2.22. The van der Waals surface area contributed by atoms with E-state index in [1.807, 2.05) is 6.07 Å². The topological polar surface area (TPSA) is 110 Å². The molecule has 4 amide bonds. The first-order chi connectivity index (χ1) is 13.9. The first-order valence-electron chi connectivity index (χ1n) is 9.21. The van der Waals surface area contributed by atoms with Gasteiger partial charge in [0.15, 0.2) is 11.5 Å². The fourth-order valence-electron chi connectivity index (χ4n) is 3.51. The summed E-state index contributed by atoms with van der Waals surface area (Å²) in [5.74, 6) is 0.921. The maximum Gasteiger partial charge on any atom is 0.325 e. The Labute approximate surface area is 166 Å². The molecule has 2 atom stereocenters. The summed E-state index contributed by atoms with van der Waals surface area (Å²) in [7, 11) is 0. The SMILES string of the molecule is C[C@H](NC(=O)CN1C(=O)N[C@@](C)(Cc2ccc3c(c2)OCO3)C1=O)c1ccco1. The van der Waals surface area contributed by atoms with Crippen molar-refractivity contribution in [1.29, 1.82) is 0 Å². The number of carbonyl (C=O) groups excluding carboxylic acids is 3. The molecule has 0 aliphatic carbocycles. The highest BCUT2D eigenvalue weighted by molar-refractivity contribution is 6.09. The van der Waals surface area contributed by atoms with Crippen molar-refractivity contribution < 1.29 is 28.3 Å². The first kappa shape index (κ1) is 18.9. The van der Waals surface area contributed by atoms with E-state index in [1.54, 1.807) is 38.1 Å². The maximum absolute atomic E-state index is 12.9. The minimum absolute atomic E-state index is 0.158. The lowest BCUT2D eigenvalue weighted by Crippen LogP contribution is -2.47. The van der Waals surface area contributed by atoms with Crippen molar-refractivity contribution >= 4 is 17.8 Å². The van der Waals surface area contributed by atoms with Crippen molar-refractivity contribution in [2.24, 2.45) is 0 Å². The molecular weight excluding hydrogens is 378 g/mol. The largest absolute Gasteiger partial charge is 0.467 e. The molecule has 1 fully saturated rings. The van der Waals surface area contributed by atoms with E-state index < -0.39 is 23.4 Å². The number of hydrogen-bond donors (Lipinski definition) is 2. The molecule has 1 aromatic heterocycles. The fraction of sp³-hybridized carbons (Fsp3) is 0.350. The molecule has 0 bridgehead atoms. The van der Waals surface area contributed by atoms with E-state index in [-0.39, 0.29) is 25.8 Å². The van der Waals surface area contributed by atoms with E-state index in [9.17, 15) is 14.4 Å². The second-order valence-electron chi connectivity index (χ2n) is 7.32. The summed E-state index contributed by atoms with van der Waals surface area (Å²) < 4.78 is 15.9. The van der Waals surface area contributed by atoms with Gasteiger partial charge < -0.3 is 24.5 Å². The molecule has 29 heavy (non-hydrogen) atoms. The number of benzene rings is 1. The Bertz CT molecular complexity index is 957. The van der Waals surface area contributed by atoms with Crippen LogP contribution in [0.15, 0.2) is 41.0 Å². The minimum atomic E-state index is -1.16. The normalized spacial score (nSPS) is 21.2. The monoisotopic (exact) mass is 399 g/mol. The Morgan fingerprint density at radius 1 is 1.28 bits per heavy atom. The van der Waals surface area contributed by atoms with Gasteiger partial charge in [-0.15, -0.1) is 0 Å². The van der Waals surface area contributed by atoms with Crippen LogP contribution in [0.5, 0.6) is 11.5 Å². The van der Waals surface area contributed by atoms with Gasteiger partial charge in [0.25, 0.3) is 5.91 Å². The number of imide groups is 1. The smallest absolute Gasteiger partial charge is 0.325 e. The van der Waals surface area contributed by atoms with Gasteiger partial charge in [-0.3, -0.25) is 14.5 Å². The first-order valence-corrected chi connectivity index (χ1v) is 9.21. The third-order valence-electron chi connectivity index (χ3n) is 4.99. The van der Waals surface area contributed by atoms with Crippen molar-refractivity contribution in [1.82, 2.24) is 15.5 Å². The van der Waals surface area contributed by atoms with Crippen LogP contribution in [0.4, 0.5) is 4.79 Å². The number of rotatable bonds is 6. The molecule has 9 nitrogen and oxygen atoms in total. The number of urea groups is 1. The summed E-state index contributed by atoms with van der Waals surface area (Å²) in [5.41, 5.74) is -0.347. The molecule has 152 valence electrons. The number of ether oxygens (including phenoxy) is 2. The molecule has 0 radical (unpaired) electrons. The van der Waals surface area contributed by atoms with E-state index in [0.717, 1.165) is 10.5 Å². The van der Waals surface area contributed by atoms with Crippen LogP contribution in [0.25, 0.3) is 0 Å². The zero-order valence-electron chi connectivity index (χ0n) is 16.1. The zero-order valence-corrected chi connectivity index (χ0v) is 16.1. The number of amides is 4. The Balaban J connectivity index is 1.41. The van der Waals surface area contributed by atoms with Gasteiger partial charge in [-0.2, -0.15) is 0 Å². The van der Waals surface area contributed by atoms with Crippen LogP contribution in [0, 0.1) is 0 Å². The molecule has 2 aliphatic rings. The second-order valence-corrected chi connectivity index (χ2v) is 7.32. The molecule has 9 heteroatoms. The van der Waals surface area contributed by atoms with Crippen LogP contribution >= 0.6 is 0 Å². The standard InChI is InChI=1S/C20H21N3O6/c1-12(14-4-3-7-27-14)21-17(24)10-23-18(25)20(2,22-19(23)26)9-13-5-6-15-16(8-13)29-11-28-15/h3-8,12H,9-11H2,1-2H3,(H,21,24)(H,22,26)/t12-,20-/m0/s1. The Morgan fingerprint density at radius 3 is 2.83 bits per heavy atom. The summed E-state index contributed by atoms with van der Waals surface area (Å²) in [6.45, 7) is 3.19. The van der Waals surface area contributed by atoms with Gasteiger partial charge in [0.1, 0.15) is 17.8 Å². The molecule has 1 aromatic carbocycles. The number of nitrogens with one attached hydrogen (secondary N) is 2. The third-order valence-corrected chi connectivity index (χ3v) is 4.99. The number of furan rings is 1. The molecule has 0 unspecified atom stereocenters. The van der Waals surface area contributed by atoms with Gasteiger partial charge in [-0.05, 0) is 43.7 Å². The van der Waals surface area contributed by atoms with Crippen LogP contribution in [-0.2, 0) is 16.0 Å². The molecule has 2 aromatic rings. The van der Waals surface area contributed by atoms with Crippen molar-refractivity contribution in [3.63, 3.8) is 0 Å². The molecule has 0 saturated carbocycles. The summed E-state index contributed by atoms with van der Waals surface area (Å²) in [6, 6.07) is 7.85. The highest BCUT2D eigenvalue weighted by Crippen LogP contribution is 2.34. The van der Waals surface area contributed by atoms with Gasteiger partial charge in [-0.1, -0.05) is 6.07 Å². The predicted molar refractivity (Wildman–Crippen MR) is 100 cm³/mol. The Morgan fingerprint density at radius 2 is 2.07 bits per heavy atom. The summed E-state index contributed by atoms with van der Waals surface area (Å²) >= 11 is 0. The molecule has 1 saturated heterocycles. The van der Waals surface area contributed by atoms with E-state index in [2.05, 4.69) is 10.6 Å². The van der Waals surface area contributed by atoms with Gasteiger partial charge in [-0.25, -0.2) is 4.79 Å². The number of carbonyl (C=O) groups is 3. The van der Waals surface area contributed by atoms with E-state index >= 15 is 0 Å². The van der Waals surface area contributed by atoms with Crippen LogP contribution in [0.2, 0.25) is 0 Å². The molecular formula is C20H21N3O6. The molecule has 3 heterocycles. The van der Waals surface area contributed by atoms with Gasteiger partial charge in [0, 0.05) is 6.42 Å². The summed E-state index contributed by atoms with van der Waals surface area (Å²) in [6.07, 6.45) is 1.77. The fourth-order valence-corrected chi connectivity index (χ4v) is 3.51. The van der Waals surface area contributed by atoms with E-state index in [1.165, 1.54) is 6.26 Å². The lowest BCUT2D eigenvalue weighted by atomic mass is 9.92.